The molecular weight excluding hydrogens is 333 g/mol. The highest BCUT2D eigenvalue weighted by Gasteiger charge is 2.42. The van der Waals surface area contributed by atoms with Gasteiger partial charge in [-0.15, -0.1) is 0 Å². The molecule has 3 aromatic carbocycles. The first-order valence-electron chi connectivity index (χ1n) is 9.13. The van der Waals surface area contributed by atoms with Crippen molar-refractivity contribution in [3.05, 3.63) is 64.2 Å². The lowest BCUT2D eigenvalue weighted by molar-refractivity contribution is 0.460. The van der Waals surface area contributed by atoms with Gasteiger partial charge in [-0.05, 0) is 61.9 Å². The maximum Gasteiger partial charge on any atom is 0.260 e. The molecule has 0 N–H and O–H groups in total. The predicted molar refractivity (Wildman–Crippen MR) is 108 cm³/mol. The van der Waals surface area contributed by atoms with Crippen LogP contribution in [0.15, 0.2) is 36.4 Å². The minimum Gasteiger partial charge on any atom is -0.458 e. The lowest BCUT2D eigenvalue weighted by Crippen LogP contribution is -2.58. The molecule has 2 aliphatic heterocycles. The summed E-state index contributed by atoms with van der Waals surface area (Å²) in [6, 6.07) is 14.9. The summed E-state index contributed by atoms with van der Waals surface area (Å²) in [5, 5.41) is 9.83. The molecule has 0 bridgehead atoms. The van der Waals surface area contributed by atoms with Gasteiger partial charge in [0.15, 0.2) is 0 Å². The molecule has 0 aromatic heterocycles. The minimum atomic E-state index is 0.00806. The van der Waals surface area contributed by atoms with Crippen LogP contribution in [0, 0.1) is 39.0 Å². The molecule has 0 saturated heterocycles. The summed E-state index contributed by atoms with van der Waals surface area (Å²) >= 11 is 0. The molecule has 2 heterocycles. The van der Waals surface area contributed by atoms with Crippen molar-refractivity contribution in [3.8, 4) is 29.1 Å². The van der Waals surface area contributed by atoms with E-state index in [-0.39, 0.29) is 6.71 Å². The van der Waals surface area contributed by atoms with E-state index in [0.29, 0.717) is 11.3 Å². The van der Waals surface area contributed by atoms with Crippen molar-refractivity contribution in [2.75, 3.05) is 0 Å². The summed E-state index contributed by atoms with van der Waals surface area (Å²) in [5.74, 6) is 3.17. The molecule has 27 heavy (non-hydrogen) atoms. The average Bonchev–Trinajstić information content (AvgIpc) is 2.66. The molecule has 4 heteroatoms. The van der Waals surface area contributed by atoms with Crippen LogP contribution < -0.4 is 25.9 Å². The topological polar surface area (TPSA) is 42.2 Å². The summed E-state index contributed by atoms with van der Waals surface area (Å²) in [7, 11) is 0. The number of benzene rings is 3. The first-order chi connectivity index (χ1) is 13.0. The van der Waals surface area contributed by atoms with E-state index in [1.807, 2.05) is 32.0 Å². The zero-order valence-corrected chi connectivity index (χ0v) is 15.8. The normalized spacial score (nSPS) is 12.9. The van der Waals surface area contributed by atoms with E-state index in [1.54, 1.807) is 0 Å². The fourth-order valence-electron chi connectivity index (χ4n) is 4.27. The fraction of sp³-hybridized carbons (Fsp3) is 0.174. The molecule has 0 fully saturated rings. The summed E-state index contributed by atoms with van der Waals surface area (Å²) in [5.41, 5.74) is 8.13. The second-order valence-corrected chi connectivity index (χ2v) is 7.53. The van der Waals surface area contributed by atoms with Crippen LogP contribution >= 0.6 is 0 Å². The molecule has 3 nitrogen and oxygen atoms in total. The third-order valence-corrected chi connectivity index (χ3v) is 5.77. The van der Waals surface area contributed by atoms with Gasteiger partial charge in [-0.25, -0.2) is 0 Å². The maximum atomic E-state index is 9.83. The van der Waals surface area contributed by atoms with E-state index in [0.717, 1.165) is 44.8 Å². The van der Waals surface area contributed by atoms with E-state index in [9.17, 15) is 5.26 Å². The van der Waals surface area contributed by atoms with Crippen LogP contribution in [0.3, 0.4) is 0 Å². The number of rotatable bonds is 0. The van der Waals surface area contributed by atoms with Crippen molar-refractivity contribution in [3.63, 3.8) is 0 Å². The molecule has 3 aromatic rings. The number of nitriles is 1. The molecular formula is C23H18BNO2. The molecule has 0 unspecified atom stereocenters. The molecule has 130 valence electrons. The summed E-state index contributed by atoms with van der Waals surface area (Å²) in [4.78, 5) is 0. The van der Waals surface area contributed by atoms with Gasteiger partial charge in [-0.3, -0.25) is 0 Å². The Morgan fingerprint density at radius 2 is 1.33 bits per heavy atom. The van der Waals surface area contributed by atoms with E-state index in [4.69, 9.17) is 9.47 Å². The first-order valence-corrected chi connectivity index (χ1v) is 9.13. The zero-order valence-electron chi connectivity index (χ0n) is 15.8. The third-order valence-electron chi connectivity index (χ3n) is 5.77. The number of fused-ring (bicyclic) bond motifs is 4. The van der Waals surface area contributed by atoms with E-state index < -0.39 is 0 Å². The van der Waals surface area contributed by atoms with Crippen molar-refractivity contribution in [1.82, 2.24) is 0 Å². The van der Waals surface area contributed by atoms with Crippen molar-refractivity contribution >= 4 is 23.1 Å². The smallest absolute Gasteiger partial charge is 0.260 e. The molecule has 0 amide bonds. The Labute approximate surface area is 159 Å². The van der Waals surface area contributed by atoms with E-state index >= 15 is 0 Å². The Bertz CT molecular complexity index is 1180. The Hall–Kier alpha value is -3.19. The van der Waals surface area contributed by atoms with Gasteiger partial charge in [0, 0.05) is 5.46 Å². The third kappa shape index (κ3) is 2.09. The molecule has 0 radical (unpaired) electrons. The van der Waals surface area contributed by atoms with Gasteiger partial charge >= 0.3 is 0 Å². The van der Waals surface area contributed by atoms with Crippen LogP contribution in [0.4, 0.5) is 0 Å². The number of ether oxygens (including phenoxy) is 2. The average molecular weight is 351 g/mol. The van der Waals surface area contributed by atoms with Crippen molar-refractivity contribution < 1.29 is 9.47 Å². The number of aryl methyl sites for hydroxylation is 2. The highest BCUT2D eigenvalue weighted by Crippen LogP contribution is 2.40. The first kappa shape index (κ1) is 16.0. The van der Waals surface area contributed by atoms with E-state index in [2.05, 4.69) is 38.1 Å². The lowest BCUT2D eigenvalue weighted by atomic mass is 9.34. The molecule has 2 aliphatic rings. The standard InChI is InChI=1S/C23H18BNO2/c1-12-5-7-19-17(9-12)24-18-10-13(2)6-8-20(18)27-23-16(11-25)14(3)15(4)22(26-19)21(23)24/h5-10H,1-4H3. The van der Waals surface area contributed by atoms with Gasteiger partial charge < -0.3 is 9.47 Å². The SMILES string of the molecule is Cc1ccc2c(c1)B1c3cc(C)ccc3Oc3c(C#N)c(C)c(C)c(c31)O2. The van der Waals surface area contributed by atoms with Gasteiger partial charge in [0.25, 0.3) is 6.71 Å². The monoisotopic (exact) mass is 351 g/mol. The van der Waals surface area contributed by atoms with Crippen molar-refractivity contribution in [2.24, 2.45) is 0 Å². The summed E-state index contributed by atoms with van der Waals surface area (Å²) in [6.07, 6.45) is 0. The Kier molecular flexibility index (Phi) is 3.21. The van der Waals surface area contributed by atoms with Gasteiger partial charge in [0.05, 0.1) is 5.56 Å². The molecule has 0 saturated carbocycles. The van der Waals surface area contributed by atoms with Crippen LogP contribution in [0.5, 0.6) is 23.0 Å². The van der Waals surface area contributed by atoms with E-state index in [1.165, 1.54) is 11.1 Å². The second-order valence-electron chi connectivity index (χ2n) is 7.53. The fourth-order valence-corrected chi connectivity index (χ4v) is 4.27. The quantitative estimate of drug-likeness (QED) is 0.401. The molecule has 0 atom stereocenters. The summed E-state index contributed by atoms with van der Waals surface area (Å²) in [6.45, 7) is 8.17. The molecule has 0 aliphatic carbocycles. The predicted octanol–water partition coefficient (Wildman–Crippen LogP) is 3.52. The molecule has 0 spiro atoms. The van der Waals surface area contributed by atoms with Crippen LogP contribution in [0.1, 0.15) is 27.8 Å². The van der Waals surface area contributed by atoms with Crippen molar-refractivity contribution in [2.45, 2.75) is 27.7 Å². The Morgan fingerprint density at radius 3 is 1.89 bits per heavy atom. The lowest BCUT2D eigenvalue weighted by Gasteiger charge is -2.35. The number of hydrogen-bond acceptors (Lipinski definition) is 3. The van der Waals surface area contributed by atoms with Crippen LogP contribution in [-0.4, -0.2) is 6.71 Å². The van der Waals surface area contributed by atoms with Crippen molar-refractivity contribution in [1.29, 1.82) is 5.26 Å². The zero-order chi connectivity index (χ0) is 18.9. The Morgan fingerprint density at radius 1 is 0.778 bits per heavy atom. The second kappa shape index (κ2) is 5.41. The van der Waals surface area contributed by atoms with Gasteiger partial charge in [-0.2, -0.15) is 5.26 Å². The van der Waals surface area contributed by atoms with Crippen LogP contribution in [0.2, 0.25) is 0 Å². The summed E-state index contributed by atoms with van der Waals surface area (Å²) < 4.78 is 12.6. The van der Waals surface area contributed by atoms with Gasteiger partial charge in [0.1, 0.15) is 29.1 Å². The van der Waals surface area contributed by atoms with Gasteiger partial charge in [0.2, 0.25) is 0 Å². The highest BCUT2D eigenvalue weighted by molar-refractivity contribution is 6.98. The maximum absolute atomic E-state index is 9.83. The number of nitrogens with zero attached hydrogens (tertiary/aromatic N) is 1. The largest absolute Gasteiger partial charge is 0.458 e. The van der Waals surface area contributed by atoms with Crippen LogP contribution in [0.25, 0.3) is 0 Å². The Balaban J connectivity index is 1.93. The van der Waals surface area contributed by atoms with Gasteiger partial charge in [-0.1, -0.05) is 35.4 Å². The molecule has 5 rings (SSSR count). The number of hydrogen-bond donors (Lipinski definition) is 0. The minimum absolute atomic E-state index is 0.00806. The highest BCUT2D eigenvalue weighted by atomic mass is 16.5. The van der Waals surface area contributed by atoms with Crippen LogP contribution in [-0.2, 0) is 0 Å².